The number of methoxy groups -OCH3 is 3. The summed E-state index contributed by atoms with van der Waals surface area (Å²) >= 11 is 0. The van der Waals surface area contributed by atoms with Gasteiger partial charge in [-0.2, -0.15) is 0 Å². The molecule has 0 aromatic heterocycles. The van der Waals surface area contributed by atoms with Crippen molar-refractivity contribution in [2.45, 2.75) is 18.5 Å². The Morgan fingerprint density at radius 2 is 1.42 bits per heavy atom. The van der Waals surface area contributed by atoms with Crippen molar-refractivity contribution in [1.82, 2.24) is 4.90 Å². The van der Waals surface area contributed by atoms with E-state index >= 15 is 0 Å². The SMILES string of the molecule is COC(=O)[C@H](C[C@@H](C(=O)OC)N1C(=O)c2ccccc2C1=O)Nc1ccc(OC)cc1. The van der Waals surface area contributed by atoms with Gasteiger partial charge >= 0.3 is 11.9 Å². The summed E-state index contributed by atoms with van der Waals surface area (Å²) in [6.07, 6.45) is -0.239. The normalized spacial score (nSPS) is 14.5. The lowest BCUT2D eigenvalue weighted by Gasteiger charge is -2.27. The summed E-state index contributed by atoms with van der Waals surface area (Å²) < 4.78 is 14.8. The van der Waals surface area contributed by atoms with E-state index in [2.05, 4.69) is 5.32 Å². The van der Waals surface area contributed by atoms with Crippen LogP contribution >= 0.6 is 0 Å². The topological polar surface area (TPSA) is 111 Å². The smallest absolute Gasteiger partial charge is 0.329 e. The van der Waals surface area contributed by atoms with Crippen molar-refractivity contribution in [3.05, 3.63) is 59.7 Å². The van der Waals surface area contributed by atoms with Gasteiger partial charge in [0.1, 0.15) is 17.8 Å². The number of hydrogen-bond donors (Lipinski definition) is 1. The third kappa shape index (κ3) is 4.35. The summed E-state index contributed by atoms with van der Waals surface area (Å²) in [5.41, 5.74) is 0.945. The monoisotopic (exact) mass is 426 g/mol. The maximum Gasteiger partial charge on any atom is 0.329 e. The van der Waals surface area contributed by atoms with E-state index < -0.39 is 35.8 Å². The van der Waals surface area contributed by atoms with Crippen molar-refractivity contribution in [1.29, 1.82) is 0 Å². The first kappa shape index (κ1) is 21.8. The molecule has 1 heterocycles. The zero-order valence-corrected chi connectivity index (χ0v) is 17.3. The molecule has 1 N–H and O–H groups in total. The van der Waals surface area contributed by atoms with Crippen LogP contribution in [0, 0.1) is 0 Å². The van der Waals surface area contributed by atoms with E-state index in [9.17, 15) is 19.2 Å². The molecule has 2 aromatic rings. The van der Waals surface area contributed by atoms with E-state index in [-0.39, 0.29) is 17.5 Å². The Morgan fingerprint density at radius 1 is 0.871 bits per heavy atom. The summed E-state index contributed by atoms with van der Waals surface area (Å²) in [5.74, 6) is -2.10. The predicted molar refractivity (Wildman–Crippen MR) is 110 cm³/mol. The molecule has 0 bridgehead atoms. The maximum atomic E-state index is 12.9. The van der Waals surface area contributed by atoms with E-state index in [4.69, 9.17) is 14.2 Å². The second kappa shape index (κ2) is 9.29. The number of carbonyl (C=O) groups excluding carboxylic acids is 4. The number of ether oxygens (including phenoxy) is 3. The lowest BCUT2D eigenvalue weighted by atomic mass is 10.0. The highest BCUT2D eigenvalue weighted by molar-refractivity contribution is 6.22. The molecule has 0 saturated heterocycles. The summed E-state index contributed by atoms with van der Waals surface area (Å²) in [6, 6.07) is 10.7. The Morgan fingerprint density at radius 3 is 1.90 bits per heavy atom. The zero-order valence-electron chi connectivity index (χ0n) is 17.3. The number of hydrogen-bond acceptors (Lipinski definition) is 8. The number of anilines is 1. The number of esters is 2. The molecule has 2 amide bonds. The van der Waals surface area contributed by atoms with Crippen LogP contribution in [-0.2, 0) is 19.1 Å². The molecule has 2 atom stereocenters. The van der Waals surface area contributed by atoms with Crippen LogP contribution in [0.15, 0.2) is 48.5 Å². The van der Waals surface area contributed by atoms with Gasteiger partial charge in [-0.25, -0.2) is 9.59 Å². The number of rotatable bonds is 8. The van der Waals surface area contributed by atoms with Gasteiger partial charge < -0.3 is 19.5 Å². The van der Waals surface area contributed by atoms with Gasteiger partial charge in [-0.1, -0.05) is 12.1 Å². The summed E-state index contributed by atoms with van der Waals surface area (Å²) in [5, 5.41) is 2.98. The Kier molecular flexibility index (Phi) is 6.54. The highest BCUT2D eigenvalue weighted by atomic mass is 16.5. The van der Waals surface area contributed by atoms with Crippen LogP contribution in [0.25, 0.3) is 0 Å². The molecule has 1 aliphatic heterocycles. The molecule has 0 saturated carbocycles. The average Bonchev–Trinajstić information content (AvgIpc) is 3.06. The molecule has 2 aromatic carbocycles. The molecule has 0 spiro atoms. The van der Waals surface area contributed by atoms with Crippen LogP contribution in [0.4, 0.5) is 5.69 Å². The fourth-order valence-corrected chi connectivity index (χ4v) is 3.40. The van der Waals surface area contributed by atoms with Gasteiger partial charge in [0.15, 0.2) is 0 Å². The van der Waals surface area contributed by atoms with E-state index in [1.807, 2.05) is 0 Å². The predicted octanol–water partition coefficient (Wildman–Crippen LogP) is 1.88. The minimum atomic E-state index is -1.33. The second-order valence-electron chi connectivity index (χ2n) is 6.75. The Labute approximate surface area is 178 Å². The quantitative estimate of drug-likeness (QED) is 0.503. The Balaban J connectivity index is 1.90. The molecule has 9 heteroatoms. The van der Waals surface area contributed by atoms with Crippen molar-refractivity contribution in [3.8, 4) is 5.75 Å². The van der Waals surface area contributed by atoms with Crippen molar-refractivity contribution < 1.29 is 33.4 Å². The molecule has 3 rings (SSSR count). The summed E-state index contributed by atoms with van der Waals surface area (Å²) in [6.45, 7) is 0. The summed E-state index contributed by atoms with van der Waals surface area (Å²) in [4.78, 5) is 51.6. The largest absolute Gasteiger partial charge is 0.497 e. The number of benzene rings is 2. The third-order valence-corrected chi connectivity index (χ3v) is 4.99. The van der Waals surface area contributed by atoms with Gasteiger partial charge in [-0.3, -0.25) is 14.5 Å². The number of amides is 2. The van der Waals surface area contributed by atoms with Gasteiger partial charge in [0.2, 0.25) is 0 Å². The summed E-state index contributed by atoms with van der Waals surface area (Å²) in [7, 11) is 3.89. The van der Waals surface area contributed by atoms with Crippen LogP contribution in [0.3, 0.4) is 0 Å². The Hall–Kier alpha value is -3.88. The first-order valence-corrected chi connectivity index (χ1v) is 9.44. The number of imide groups is 1. The fourth-order valence-electron chi connectivity index (χ4n) is 3.40. The molecule has 0 radical (unpaired) electrons. The highest BCUT2D eigenvalue weighted by Crippen LogP contribution is 2.27. The van der Waals surface area contributed by atoms with E-state index in [1.54, 1.807) is 36.4 Å². The lowest BCUT2D eigenvalue weighted by molar-refractivity contribution is -0.147. The van der Waals surface area contributed by atoms with Gasteiger partial charge in [0.05, 0.1) is 32.5 Å². The van der Waals surface area contributed by atoms with Crippen molar-refractivity contribution in [2.24, 2.45) is 0 Å². The van der Waals surface area contributed by atoms with Crippen molar-refractivity contribution in [2.75, 3.05) is 26.6 Å². The average molecular weight is 426 g/mol. The molecule has 162 valence electrons. The number of carbonyl (C=O) groups is 4. The van der Waals surface area contributed by atoms with Crippen LogP contribution in [0.5, 0.6) is 5.75 Å². The first-order valence-electron chi connectivity index (χ1n) is 9.44. The lowest BCUT2D eigenvalue weighted by Crippen LogP contribution is -2.49. The maximum absolute atomic E-state index is 12.9. The first-order chi connectivity index (χ1) is 14.9. The van der Waals surface area contributed by atoms with Crippen LogP contribution in [0.1, 0.15) is 27.1 Å². The molecule has 0 aliphatic carbocycles. The van der Waals surface area contributed by atoms with Crippen LogP contribution < -0.4 is 10.1 Å². The number of nitrogens with zero attached hydrogens (tertiary/aromatic N) is 1. The zero-order chi connectivity index (χ0) is 22.5. The molecular formula is C22H22N2O7. The highest BCUT2D eigenvalue weighted by Gasteiger charge is 2.45. The van der Waals surface area contributed by atoms with Gasteiger partial charge in [-0.15, -0.1) is 0 Å². The number of nitrogens with one attached hydrogen (secondary N) is 1. The second-order valence-corrected chi connectivity index (χ2v) is 6.75. The van der Waals surface area contributed by atoms with E-state index in [1.165, 1.54) is 26.4 Å². The fraction of sp³-hybridized carbons (Fsp3) is 0.273. The molecule has 0 unspecified atom stereocenters. The van der Waals surface area contributed by atoms with Crippen LogP contribution in [0.2, 0.25) is 0 Å². The van der Waals surface area contributed by atoms with E-state index in [0.29, 0.717) is 11.4 Å². The van der Waals surface area contributed by atoms with Crippen LogP contribution in [-0.4, -0.2) is 62.1 Å². The van der Waals surface area contributed by atoms with E-state index in [0.717, 1.165) is 12.0 Å². The minimum absolute atomic E-state index is 0.194. The molecule has 31 heavy (non-hydrogen) atoms. The molecule has 9 nitrogen and oxygen atoms in total. The standard InChI is InChI=1S/C22H22N2O7/c1-29-14-10-8-13(9-11-14)23-17(21(27)30-2)12-18(22(28)31-3)24-19(25)15-6-4-5-7-16(15)20(24)26/h4-11,17-18,23H,12H2,1-3H3/t17-,18-/m0/s1. The molecule has 1 aliphatic rings. The Bertz CT molecular complexity index is 968. The van der Waals surface area contributed by atoms with Gasteiger partial charge in [0.25, 0.3) is 11.8 Å². The van der Waals surface area contributed by atoms with Gasteiger partial charge in [-0.05, 0) is 36.4 Å². The molecular weight excluding hydrogens is 404 g/mol. The van der Waals surface area contributed by atoms with Crippen molar-refractivity contribution in [3.63, 3.8) is 0 Å². The minimum Gasteiger partial charge on any atom is -0.497 e. The van der Waals surface area contributed by atoms with Gasteiger partial charge in [0, 0.05) is 12.1 Å². The third-order valence-electron chi connectivity index (χ3n) is 4.99. The van der Waals surface area contributed by atoms with Crippen molar-refractivity contribution >= 4 is 29.4 Å². The molecule has 0 fully saturated rings. The number of fused-ring (bicyclic) bond motifs is 1.